The van der Waals surface area contributed by atoms with Crippen molar-refractivity contribution in [2.24, 2.45) is 0 Å². The summed E-state index contributed by atoms with van der Waals surface area (Å²) in [5.41, 5.74) is 1.80. The predicted molar refractivity (Wildman–Crippen MR) is 112 cm³/mol. The number of hydrogen-bond acceptors (Lipinski definition) is 5. The molecule has 0 unspecified atom stereocenters. The molecule has 7 nitrogen and oxygen atoms in total. The molecule has 0 bridgehead atoms. The van der Waals surface area contributed by atoms with Crippen molar-refractivity contribution in [3.05, 3.63) is 65.2 Å². The molecule has 1 atom stereocenters. The average Bonchev–Trinajstić information content (AvgIpc) is 2.67. The average molecular weight is 410 g/mol. The van der Waals surface area contributed by atoms with Crippen molar-refractivity contribution in [2.75, 3.05) is 4.90 Å². The molecular formula is C21H18N2O5S. The van der Waals surface area contributed by atoms with Crippen molar-refractivity contribution in [3.63, 3.8) is 0 Å². The maximum absolute atomic E-state index is 13.1. The number of carbonyl (C=O) groups is 3. The van der Waals surface area contributed by atoms with Crippen LogP contribution in [-0.2, 0) is 14.4 Å². The number of aryl methyl sites for hydroxylation is 1. The zero-order valence-corrected chi connectivity index (χ0v) is 16.5. The predicted octanol–water partition coefficient (Wildman–Crippen LogP) is 2.68. The minimum Gasteiger partial charge on any atom is -0.479 e. The minimum absolute atomic E-state index is 0.00922. The van der Waals surface area contributed by atoms with Crippen LogP contribution in [0.5, 0.6) is 5.75 Å². The molecular weight excluding hydrogens is 392 g/mol. The number of hydrogen-bond donors (Lipinski definition) is 2. The van der Waals surface area contributed by atoms with Crippen LogP contribution >= 0.6 is 12.2 Å². The fraction of sp³-hybridized carbons (Fsp3) is 0.143. The molecule has 0 aromatic heterocycles. The van der Waals surface area contributed by atoms with Crippen LogP contribution in [0.1, 0.15) is 18.1 Å². The number of para-hydroxylation sites is 1. The molecule has 1 saturated heterocycles. The molecule has 1 aliphatic rings. The fourth-order valence-electron chi connectivity index (χ4n) is 2.69. The summed E-state index contributed by atoms with van der Waals surface area (Å²) in [5.74, 6) is -2.10. The van der Waals surface area contributed by atoms with Gasteiger partial charge in [0.1, 0.15) is 11.3 Å². The Labute approximate surface area is 172 Å². The molecule has 0 saturated carbocycles. The van der Waals surface area contributed by atoms with E-state index in [1.54, 1.807) is 36.4 Å². The largest absolute Gasteiger partial charge is 0.479 e. The van der Waals surface area contributed by atoms with Crippen molar-refractivity contribution < 1.29 is 24.2 Å². The molecule has 0 aliphatic carbocycles. The Hall–Kier alpha value is -3.52. The van der Waals surface area contributed by atoms with Gasteiger partial charge in [-0.25, -0.2) is 4.79 Å². The van der Waals surface area contributed by atoms with Crippen LogP contribution in [0, 0.1) is 6.92 Å². The molecule has 29 heavy (non-hydrogen) atoms. The molecule has 2 amide bonds. The Morgan fingerprint density at radius 2 is 1.83 bits per heavy atom. The summed E-state index contributed by atoms with van der Waals surface area (Å²) in [6.07, 6.45) is 0.270. The highest BCUT2D eigenvalue weighted by molar-refractivity contribution is 7.80. The van der Waals surface area contributed by atoms with Crippen LogP contribution < -0.4 is 15.0 Å². The van der Waals surface area contributed by atoms with E-state index in [0.29, 0.717) is 11.3 Å². The summed E-state index contributed by atoms with van der Waals surface area (Å²) in [4.78, 5) is 37.8. The summed E-state index contributed by atoms with van der Waals surface area (Å²) >= 11 is 5.18. The van der Waals surface area contributed by atoms with Gasteiger partial charge < -0.3 is 9.84 Å². The second kappa shape index (κ2) is 8.24. The number of thiocarbonyl (C=S) groups is 1. The Balaban J connectivity index is 1.99. The minimum atomic E-state index is -1.13. The number of nitrogens with one attached hydrogen (secondary N) is 1. The molecule has 0 radical (unpaired) electrons. The SMILES string of the molecule is Cc1ccc(N2C(=O)/C(=C/c3ccccc3O[C@H](C)C(=O)O)C(=O)NC2=S)cc1. The molecule has 1 fully saturated rings. The molecule has 1 aliphatic heterocycles. The zero-order chi connectivity index (χ0) is 21.1. The van der Waals surface area contributed by atoms with Gasteiger partial charge in [0, 0.05) is 5.56 Å². The fourth-order valence-corrected chi connectivity index (χ4v) is 2.97. The lowest BCUT2D eigenvalue weighted by Crippen LogP contribution is -2.54. The van der Waals surface area contributed by atoms with Crippen molar-refractivity contribution in [1.82, 2.24) is 5.32 Å². The number of amides is 2. The highest BCUT2D eigenvalue weighted by atomic mass is 32.1. The third-order valence-electron chi connectivity index (χ3n) is 4.26. The maximum Gasteiger partial charge on any atom is 0.344 e. The number of carboxylic acid groups (broad SMARTS) is 1. The number of rotatable bonds is 5. The Kier molecular flexibility index (Phi) is 5.74. The zero-order valence-electron chi connectivity index (χ0n) is 15.7. The van der Waals surface area contributed by atoms with E-state index in [-0.39, 0.29) is 16.4 Å². The molecule has 2 aromatic carbocycles. The van der Waals surface area contributed by atoms with E-state index in [4.69, 9.17) is 22.1 Å². The van der Waals surface area contributed by atoms with Gasteiger partial charge in [-0.05, 0) is 50.3 Å². The van der Waals surface area contributed by atoms with Crippen molar-refractivity contribution in [3.8, 4) is 5.75 Å². The molecule has 148 valence electrons. The van der Waals surface area contributed by atoms with Crippen LogP contribution in [0.15, 0.2) is 54.1 Å². The monoisotopic (exact) mass is 410 g/mol. The second-order valence-electron chi connectivity index (χ2n) is 6.43. The first-order chi connectivity index (χ1) is 13.8. The summed E-state index contributed by atoms with van der Waals surface area (Å²) in [5, 5.41) is 11.6. The van der Waals surface area contributed by atoms with Crippen molar-refractivity contribution >= 4 is 46.9 Å². The maximum atomic E-state index is 13.1. The second-order valence-corrected chi connectivity index (χ2v) is 6.82. The van der Waals surface area contributed by atoms with Crippen LogP contribution in [0.2, 0.25) is 0 Å². The number of nitrogens with zero attached hydrogens (tertiary/aromatic N) is 1. The van der Waals surface area contributed by atoms with Gasteiger partial charge in [-0.15, -0.1) is 0 Å². The number of benzene rings is 2. The highest BCUT2D eigenvalue weighted by Crippen LogP contribution is 2.26. The first-order valence-electron chi connectivity index (χ1n) is 8.74. The van der Waals surface area contributed by atoms with E-state index in [9.17, 15) is 14.4 Å². The first kappa shape index (κ1) is 20.2. The quantitative estimate of drug-likeness (QED) is 0.447. The van der Waals surface area contributed by atoms with Gasteiger partial charge in [0.15, 0.2) is 11.2 Å². The summed E-state index contributed by atoms with van der Waals surface area (Å²) in [7, 11) is 0. The standard InChI is InChI=1S/C21H18N2O5S/c1-12-7-9-15(10-8-12)23-19(25)16(18(24)22-21(23)29)11-14-5-3-4-6-17(14)28-13(2)20(26)27/h3-11,13H,1-2H3,(H,26,27)(H,22,24,29)/b16-11+/t13-/m1/s1. The summed E-state index contributed by atoms with van der Waals surface area (Å²) in [6, 6.07) is 13.7. The van der Waals surface area contributed by atoms with E-state index < -0.39 is 23.9 Å². The summed E-state index contributed by atoms with van der Waals surface area (Å²) < 4.78 is 5.44. The molecule has 3 rings (SSSR count). The number of ether oxygens (including phenoxy) is 1. The molecule has 2 N–H and O–H groups in total. The van der Waals surface area contributed by atoms with E-state index in [2.05, 4.69) is 5.32 Å². The number of carboxylic acids is 1. The van der Waals surface area contributed by atoms with E-state index >= 15 is 0 Å². The van der Waals surface area contributed by atoms with E-state index in [0.717, 1.165) is 5.56 Å². The van der Waals surface area contributed by atoms with E-state index in [1.807, 2.05) is 19.1 Å². The topological polar surface area (TPSA) is 95.9 Å². The van der Waals surface area contributed by atoms with E-state index in [1.165, 1.54) is 17.9 Å². The lowest BCUT2D eigenvalue weighted by Gasteiger charge is -2.29. The molecule has 2 aromatic rings. The lowest BCUT2D eigenvalue weighted by molar-refractivity contribution is -0.144. The molecule has 1 heterocycles. The van der Waals surface area contributed by atoms with Gasteiger partial charge >= 0.3 is 5.97 Å². The van der Waals surface area contributed by atoms with Gasteiger partial charge in [-0.1, -0.05) is 35.9 Å². The number of anilines is 1. The summed E-state index contributed by atoms with van der Waals surface area (Å²) in [6.45, 7) is 3.31. The van der Waals surface area contributed by atoms with Gasteiger partial charge in [0.25, 0.3) is 11.8 Å². The van der Waals surface area contributed by atoms with Gasteiger partial charge in [-0.3, -0.25) is 19.8 Å². The third-order valence-corrected chi connectivity index (χ3v) is 4.55. The number of carbonyl (C=O) groups excluding carboxylic acids is 2. The van der Waals surface area contributed by atoms with Gasteiger partial charge in [0.05, 0.1) is 5.69 Å². The highest BCUT2D eigenvalue weighted by Gasteiger charge is 2.34. The van der Waals surface area contributed by atoms with Gasteiger partial charge in [0.2, 0.25) is 0 Å². The molecule has 8 heteroatoms. The normalized spacial score (nSPS) is 16.6. The van der Waals surface area contributed by atoms with Crippen LogP contribution in [0.25, 0.3) is 6.08 Å². The van der Waals surface area contributed by atoms with Crippen molar-refractivity contribution in [1.29, 1.82) is 0 Å². The Bertz CT molecular complexity index is 1030. The number of aliphatic carboxylic acids is 1. The first-order valence-corrected chi connectivity index (χ1v) is 9.15. The van der Waals surface area contributed by atoms with Gasteiger partial charge in [-0.2, -0.15) is 0 Å². The van der Waals surface area contributed by atoms with Crippen LogP contribution in [0.4, 0.5) is 5.69 Å². The lowest BCUT2D eigenvalue weighted by atomic mass is 10.1. The third kappa shape index (κ3) is 4.33. The molecule has 0 spiro atoms. The van der Waals surface area contributed by atoms with Crippen LogP contribution in [-0.4, -0.2) is 34.1 Å². The Morgan fingerprint density at radius 3 is 2.48 bits per heavy atom. The smallest absolute Gasteiger partial charge is 0.344 e. The Morgan fingerprint density at radius 1 is 1.17 bits per heavy atom. The van der Waals surface area contributed by atoms with Crippen molar-refractivity contribution in [2.45, 2.75) is 20.0 Å². The van der Waals surface area contributed by atoms with Crippen LogP contribution in [0.3, 0.4) is 0 Å².